The molecule has 0 aromatic rings. The number of nitrogens with zero attached hydrogens (tertiary/aromatic N) is 1. The Balaban J connectivity index is 2.69. The van der Waals surface area contributed by atoms with Crippen LogP contribution in [0.5, 0.6) is 0 Å². The summed E-state index contributed by atoms with van der Waals surface area (Å²) < 4.78 is 0. The highest BCUT2D eigenvalue weighted by atomic mass is 16.4. The van der Waals surface area contributed by atoms with Crippen LogP contribution in [0.3, 0.4) is 0 Å². The number of carboxylic acids is 1. The van der Waals surface area contributed by atoms with Crippen LogP contribution in [-0.4, -0.2) is 34.6 Å². The van der Waals surface area contributed by atoms with Crippen LogP contribution in [-0.2, 0) is 4.79 Å². The number of hydrogen-bond donors (Lipinski definition) is 1. The molecular formula is C11H21NO2. The van der Waals surface area contributed by atoms with Gasteiger partial charge in [0.2, 0.25) is 0 Å². The molecule has 0 bridgehead atoms. The van der Waals surface area contributed by atoms with Crippen molar-refractivity contribution < 1.29 is 9.90 Å². The third-order valence-electron chi connectivity index (χ3n) is 3.61. The highest BCUT2D eigenvalue weighted by Crippen LogP contribution is 2.30. The summed E-state index contributed by atoms with van der Waals surface area (Å²) >= 11 is 0. The average molecular weight is 199 g/mol. The second kappa shape index (κ2) is 3.89. The first-order valence-electron chi connectivity index (χ1n) is 5.38. The molecule has 1 N–H and O–H groups in total. The number of carboxylic acid groups (broad SMARTS) is 1. The summed E-state index contributed by atoms with van der Waals surface area (Å²) in [7, 11) is 0. The van der Waals surface area contributed by atoms with Crippen molar-refractivity contribution in [3.05, 3.63) is 0 Å². The Morgan fingerprint density at radius 3 is 2.43 bits per heavy atom. The first kappa shape index (κ1) is 11.5. The molecule has 1 fully saturated rings. The van der Waals surface area contributed by atoms with Gasteiger partial charge in [0.25, 0.3) is 0 Å². The van der Waals surface area contributed by atoms with Gasteiger partial charge in [-0.3, -0.25) is 9.69 Å². The maximum Gasteiger partial charge on any atom is 0.323 e. The van der Waals surface area contributed by atoms with Crippen LogP contribution in [0.1, 0.15) is 34.1 Å². The molecule has 2 atom stereocenters. The summed E-state index contributed by atoms with van der Waals surface area (Å²) in [4.78, 5) is 13.2. The van der Waals surface area contributed by atoms with Gasteiger partial charge < -0.3 is 5.11 Å². The fourth-order valence-corrected chi connectivity index (χ4v) is 2.16. The Morgan fingerprint density at radius 1 is 1.50 bits per heavy atom. The largest absolute Gasteiger partial charge is 0.480 e. The third kappa shape index (κ3) is 1.92. The quantitative estimate of drug-likeness (QED) is 0.754. The van der Waals surface area contributed by atoms with E-state index in [0.717, 1.165) is 19.5 Å². The number of aliphatic carboxylic acids is 1. The molecule has 14 heavy (non-hydrogen) atoms. The minimum atomic E-state index is -0.721. The van der Waals surface area contributed by atoms with E-state index in [1.165, 1.54) is 0 Å². The predicted octanol–water partition coefficient (Wildman–Crippen LogP) is 1.83. The third-order valence-corrected chi connectivity index (χ3v) is 3.61. The van der Waals surface area contributed by atoms with E-state index >= 15 is 0 Å². The zero-order valence-corrected chi connectivity index (χ0v) is 9.58. The summed E-state index contributed by atoms with van der Waals surface area (Å²) in [6.07, 6.45) is 1.15. The molecule has 0 amide bonds. The van der Waals surface area contributed by atoms with Crippen molar-refractivity contribution in [1.29, 1.82) is 0 Å². The van der Waals surface area contributed by atoms with Crippen LogP contribution in [0.25, 0.3) is 0 Å². The Morgan fingerprint density at radius 2 is 2.07 bits per heavy atom. The van der Waals surface area contributed by atoms with Crippen molar-refractivity contribution in [3.8, 4) is 0 Å². The van der Waals surface area contributed by atoms with Crippen molar-refractivity contribution in [2.75, 3.05) is 13.1 Å². The Labute approximate surface area is 86.1 Å². The summed E-state index contributed by atoms with van der Waals surface area (Å²) in [5.41, 5.74) is -0.710. The molecule has 0 aromatic heterocycles. The second-order valence-corrected chi connectivity index (χ2v) is 4.91. The van der Waals surface area contributed by atoms with Crippen molar-refractivity contribution in [2.24, 2.45) is 11.8 Å². The highest BCUT2D eigenvalue weighted by Gasteiger charge is 2.41. The van der Waals surface area contributed by atoms with Crippen molar-refractivity contribution in [1.82, 2.24) is 4.90 Å². The zero-order chi connectivity index (χ0) is 10.9. The van der Waals surface area contributed by atoms with Gasteiger partial charge in [0.1, 0.15) is 5.54 Å². The normalized spacial score (nSPS) is 29.4. The van der Waals surface area contributed by atoms with Gasteiger partial charge in [-0.1, -0.05) is 20.3 Å². The minimum absolute atomic E-state index is 0.624. The molecule has 0 unspecified atom stereocenters. The molecule has 3 heteroatoms. The van der Waals surface area contributed by atoms with E-state index in [0.29, 0.717) is 11.8 Å². The molecule has 0 spiro atoms. The molecule has 1 heterocycles. The van der Waals surface area contributed by atoms with Crippen LogP contribution in [0.2, 0.25) is 0 Å². The molecule has 1 rings (SSSR count). The smallest absolute Gasteiger partial charge is 0.323 e. The lowest BCUT2D eigenvalue weighted by atomic mass is 9.96. The van der Waals surface area contributed by atoms with Gasteiger partial charge in [-0.15, -0.1) is 0 Å². The molecule has 0 aliphatic carbocycles. The summed E-state index contributed by atoms with van der Waals surface area (Å²) in [6.45, 7) is 9.82. The zero-order valence-electron chi connectivity index (χ0n) is 9.58. The fraction of sp³-hybridized carbons (Fsp3) is 0.909. The van der Waals surface area contributed by atoms with E-state index in [4.69, 9.17) is 5.11 Å². The topological polar surface area (TPSA) is 40.5 Å². The van der Waals surface area contributed by atoms with Gasteiger partial charge in [0.15, 0.2) is 0 Å². The van der Waals surface area contributed by atoms with Gasteiger partial charge in [-0.25, -0.2) is 0 Å². The van der Waals surface area contributed by atoms with Crippen LogP contribution in [0.4, 0.5) is 0 Å². The van der Waals surface area contributed by atoms with Crippen molar-refractivity contribution >= 4 is 5.97 Å². The Hall–Kier alpha value is -0.570. The molecule has 82 valence electrons. The molecule has 1 aliphatic rings. The van der Waals surface area contributed by atoms with Crippen molar-refractivity contribution in [3.63, 3.8) is 0 Å². The van der Waals surface area contributed by atoms with Crippen LogP contribution in [0, 0.1) is 11.8 Å². The predicted molar refractivity (Wildman–Crippen MR) is 56.2 cm³/mol. The van der Waals surface area contributed by atoms with Crippen molar-refractivity contribution in [2.45, 2.75) is 39.7 Å². The molecule has 0 aromatic carbocycles. The maximum atomic E-state index is 11.1. The van der Waals surface area contributed by atoms with Gasteiger partial charge in [0.05, 0.1) is 0 Å². The molecule has 1 saturated heterocycles. The lowest BCUT2D eigenvalue weighted by Gasteiger charge is -2.31. The lowest BCUT2D eigenvalue weighted by molar-refractivity contribution is -0.148. The first-order valence-corrected chi connectivity index (χ1v) is 5.38. The Bertz CT molecular complexity index is 225. The van der Waals surface area contributed by atoms with Gasteiger partial charge in [0, 0.05) is 13.1 Å². The van der Waals surface area contributed by atoms with Crippen LogP contribution >= 0.6 is 0 Å². The lowest BCUT2D eigenvalue weighted by Crippen LogP contribution is -2.49. The fourth-order valence-electron chi connectivity index (χ4n) is 2.16. The molecular weight excluding hydrogens is 178 g/mol. The maximum absolute atomic E-state index is 11.1. The monoisotopic (exact) mass is 199 g/mol. The number of carbonyl (C=O) groups is 1. The van der Waals surface area contributed by atoms with E-state index in [2.05, 4.69) is 18.7 Å². The first-order chi connectivity index (χ1) is 6.39. The molecule has 3 nitrogen and oxygen atoms in total. The average Bonchev–Trinajstić information content (AvgIpc) is 2.47. The number of likely N-dealkylation sites (tertiary alicyclic amines) is 1. The summed E-state index contributed by atoms with van der Waals surface area (Å²) in [5, 5.41) is 9.11. The van der Waals surface area contributed by atoms with E-state index in [9.17, 15) is 4.79 Å². The van der Waals surface area contributed by atoms with Gasteiger partial charge >= 0.3 is 5.97 Å². The van der Waals surface area contributed by atoms with Gasteiger partial charge in [-0.2, -0.15) is 0 Å². The van der Waals surface area contributed by atoms with E-state index in [1.54, 1.807) is 13.8 Å². The minimum Gasteiger partial charge on any atom is -0.480 e. The van der Waals surface area contributed by atoms with E-state index in [1.807, 2.05) is 0 Å². The summed E-state index contributed by atoms with van der Waals surface area (Å²) in [6, 6.07) is 0. The van der Waals surface area contributed by atoms with E-state index < -0.39 is 11.5 Å². The SMILES string of the molecule is CC[C@H]1CN(C(C)(C)C(=O)O)C[C@@H]1C. The second-order valence-electron chi connectivity index (χ2n) is 4.91. The van der Waals surface area contributed by atoms with Crippen LogP contribution < -0.4 is 0 Å². The Kier molecular flexibility index (Phi) is 3.20. The highest BCUT2D eigenvalue weighted by molar-refractivity contribution is 5.77. The van der Waals surface area contributed by atoms with Crippen LogP contribution in [0.15, 0.2) is 0 Å². The molecule has 1 aliphatic heterocycles. The number of hydrogen-bond acceptors (Lipinski definition) is 2. The summed E-state index contributed by atoms with van der Waals surface area (Å²) in [5.74, 6) is 0.564. The molecule has 0 saturated carbocycles. The standard InChI is InChI=1S/C11H21NO2/c1-5-9-7-12(6-8(9)2)11(3,4)10(13)14/h8-9H,5-7H2,1-4H3,(H,13,14)/t8-,9-/m0/s1. The van der Waals surface area contributed by atoms with E-state index in [-0.39, 0.29) is 0 Å². The van der Waals surface area contributed by atoms with Gasteiger partial charge in [-0.05, 0) is 25.7 Å². The molecule has 0 radical (unpaired) electrons. The number of rotatable bonds is 3.